The molecule has 0 unspecified atom stereocenters. The topological polar surface area (TPSA) is 3.01 Å². The van der Waals surface area contributed by atoms with Crippen LogP contribution < -0.4 is 0 Å². The Balaban J connectivity index is 2.18. The van der Waals surface area contributed by atoms with Crippen LogP contribution in [0, 0.1) is 0 Å². The first-order valence-electron chi connectivity index (χ1n) is 7.09. The second-order valence-corrected chi connectivity index (χ2v) is 6.69. The quantitative estimate of drug-likeness (QED) is 0.594. The summed E-state index contributed by atoms with van der Waals surface area (Å²) in [5, 5.41) is 3.31. The minimum atomic E-state index is 0.122. The summed E-state index contributed by atoms with van der Waals surface area (Å²) in [6.07, 6.45) is 3.35. The fourth-order valence-corrected chi connectivity index (χ4v) is 4.01. The predicted molar refractivity (Wildman–Crippen MR) is 85.4 cm³/mol. The van der Waals surface area contributed by atoms with Crippen LogP contribution in [-0.4, -0.2) is 15.8 Å². The summed E-state index contributed by atoms with van der Waals surface area (Å²) in [5.74, 6) is 0. The molecule has 20 heavy (non-hydrogen) atoms. The lowest BCUT2D eigenvalue weighted by atomic mass is 9.91. The summed E-state index contributed by atoms with van der Waals surface area (Å²) in [6, 6.07) is 10.7. The van der Waals surface area contributed by atoms with Gasteiger partial charge in [0.05, 0.1) is 10.9 Å². The van der Waals surface area contributed by atoms with Crippen molar-refractivity contribution >= 4 is 33.8 Å². The molecule has 2 aliphatic rings. The van der Waals surface area contributed by atoms with Crippen molar-refractivity contribution < 1.29 is 4.58 Å². The van der Waals surface area contributed by atoms with E-state index in [1.54, 1.807) is 0 Å². The Bertz CT molecular complexity index is 825. The molecule has 2 heterocycles. The van der Waals surface area contributed by atoms with Crippen molar-refractivity contribution in [3.05, 3.63) is 52.6 Å². The van der Waals surface area contributed by atoms with E-state index in [2.05, 4.69) is 55.7 Å². The smallest absolute Gasteiger partial charge is 0.186 e. The van der Waals surface area contributed by atoms with Gasteiger partial charge in [0, 0.05) is 42.3 Å². The normalized spacial score (nSPS) is 21.1. The van der Waals surface area contributed by atoms with Gasteiger partial charge in [-0.25, -0.2) is 0 Å². The van der Waals surface area contributed by atoms with E-state index in [0.29, 0.717) is 0 Å². The lowest BCUT2D eigenvalue weighted by Gasteiger charge is -2.16. The number of halogens is 1. The SMILES string of the molecule is C/C=C1\CC(C)(C)[N+]2=C1c1cccc3c(Cl)ccc2c13. The molecule has 0 atom stereocenters. The molecule has 2 aromatic carbocycles. The summed E-state index contributed by atoms with van der Waals surface area (Å²) < 4.78 is 2.50. The lowest BCUT2D eigenvalue weighted by molar-refractivity contribution is -0.512. The van der Waals surface area contributed by atoms with E-state index in [0.717, 1.165) is 16.8 Å². The van der Waals surface area contributed by atoms with Crippen molar-refractivity contribution in [3.8, 4) is 0 Å². The van der Waals surface area contributed by atoms with Crippen LogP contribution in [0.1, 0.15) is 32.8 Å². The van der Waals surface area contributed by atoms with Gasteiger partial charge in [-0.2, -0.15) is 4.58 Å². The fraction of sp³-hybridized carbons (Fsp3) is 0.278. The largest absolute Gasteiger partial charge is 0.217 e. The first-order valence-corrected chi connectivity index (χ1v) is 7.47. The summed E-state index contributed by atoms with van der Waals surface area (Å²) in [6.45, 7) is 6.77. The molecule has 0 fully saturated rings. The Hall–Kier alpha value is -1.60. The van der Waals surface area contributed by atoms with Gasteiger partial charge < -0.3 is 0 Å². The van der Waals surface area contributed by atoms with Crippen molar-refractivity contribution in [1.82, 2.24) is 0 Å². The van der Waals surface area contributed by atoms with Gasteiger partial charge in [-0.05, 0) is 19.1 Å². The number of hydrogen-bond donors (Lipinski definition) is 0. The van der Waals surface area contributed by atoms with Gasteiger partial charge in [-0.1, -0.05) is 29.8 Å². The highest BCUT2D eigenvalue weighted by molar-refractivity contribution is 6.37. The van der Waals surface area contributed by atoms with Crippen LogP contribution in [0.25, 0.3) is 10.8 Å². The third-order valence-electron chi connectivity index (χ3n) is 4.57. The summed E-state index contributed by atoms with van der Waals surface area (Å²) >= 11 is 6.38. The molecule has 0 aliphatic carbocycles. The van der Waals surface area contributed by atoms with Gasteiger partial charge in [0.1, 0.15) is 0 Å². The van der Waals surface area contributed by atoms with Crippen LogP contribution in [-0.2, 0) is 0 Å². The molecule has 0 N–H and O–H groups in total. The van der Waals surface area contributed by atoms with E-state index in [9.17, 15) is 0 Å². The molecule has 0 amide bonds. The van der Waals surface area contributed by atoms with E-state index in [1.807, 2.05) is 6.07 Å². The number of allylic oxidation sites excluding steroid dienone is 1. The number of benzene rings is 2. The monoisotopic (exact) mass is 282 g/mol. The summed E-state index contributed by atoms with van der Waals surface area (Å²) in [4.78, 5) is 0. The minimum Gasteiger partial charge on any atom is -0.186 e. The molecule has 2 heteroatoms. The Kier molecular flexibility index (Phi) is 2.27. The van der Waals surface area contributed by atoms with Crippen LogP contribution in [0.2, 0.25) is 5.02 Å². The maximum absolute atomic E-state index is 6.38. The van der Waals surface area contributed by atoms with Gasteiger partial charge in [0.2, 0.25) is 11.4 Å². The average Bonchev–Trinajstić information content (AvgIpc) is 2.90. The molecule has 0 spiro atoms. The Labute approximate surface area is 124 Å². The van der Waals surface area contributed by atoms with Crippen molar-refractivity contribution in [1.29, 1.82) is 0 Å². The van der Waals surface area contributed by atoms with E-state index in [-0.39, 0.29) is 5.54 Å². The molecule has 100 valence electrons. The van der Waals surface area contributed by atoms with E-state index < -0.39 is 0 Å². The zero-order valence-corrected chi connectivity index (χ0v) is 12.8. The van der Waals surface area contributed by atoms with Crippen LogP contribution in [0.5, 0.6) is 0 Å². The zero-order chi connectivity index (χ0) is 14.1. The van der Waals surface area contributed by atoms with Gasteiger partial charge in [0.15, 0.2) is 5.54 Å². The highest BCUT2D eigenvalue weighted by Crippen LogP contribution is 2.47. The third kappa shape index (κ3) is 1.31. The third-order valence-corrected chi connectivity index (χ3v) is 4.90. The van der Waals surface area contributed by atoms with Crippen LogP contribution >= 0.6 is 11.6 Å². The van der Waals surface area contributed by atoms with Crippen molar-refractivity contribution in [2.75, 3.05) is 0 Å². The summed E-state index contributed by atoms with van der Waals surface area (Å²) in [7, 11) is 0. The Morgan fingerprint density at radius 3 is 2.75 bits per heavy atom. The molecule has 2 aromatic rings. The highest BCUT2D eigenvalue weighted by atomic mass is 35.5. The molecular formula is C18H17ClN+. The molecular weight excluding hydrogens is 266 g/mol. The second-order valence-electron chi connectivity index (χ2n) is 6.28. The van der Waals surface area contributed by atoms with Gasteiger partial charge in [-0.15, -0.1) is 0 Å². The second kappa shape index (κ2) is 3.73. The first kappa shape index (κ1) is 12.2. The first-order chi connectivity index (χ1) is 9.54. The van der Waals surface area contributed by atoms with Crippen LogP contribution in [0.4, 0.5) is 5.69 Å². The molecule has 1 nitrogen and oxygen atoms in total. The molecule has 0 radical (unpaired) electrons. The maximum atomic E-state index is 6.38. The van der Waals surface area contributed by atoms with Crippen LogP contribution in [0.15, 0.2) is 42.0 Å². The van der Waals surface area contributed by atoms with Gasteiger partial charge in [0.25, 0.3) is 0 Å². The summed E-state index contributed by atoms with van der Waals surface area (Å²) in [5.41, 5.74) is 5.57. The predicted octanol–water partition coefficient (Wildman–Crippen LogP) is 5.07. The molecule has 2 aliphatic heterocycles. The van der Waals surface area contributed by atoms with Gasteiger partial charge >= 0.3 is 0 Å². The van der Waals surface area contributed by atoms with Gasteiger partial charge in [-0.3, -0.25) is 0 Å². The molecule has 0 saturated carbocycles. The molecule has 4 rings (SSSR count). The Morgan fingerprint density at radius 1 is 1.20 bits per heavy atom. The molecule has 0 aromatic heterocycles. The van der Waals surface area contributed by atoms with E-state index in [1.165, 1.54) is 27.9 Å². The van der Waals surface area contributed by atoms with Crippen LogP contribution in [0.3, 0.4) is 0 Å². The molecule has 0 bridgehead atoms. The van der Waals surface area contributed by atoms with Crippen molar-refractivity contribution in [3.63, 3.8) is 0 Å². The fourth-order valence-electron chi connectivity index (χ4n) is 3.79. The van der Waals surface area contributed by atoms with Crippen molar-refractivity contribution in [2.24, 2.45) is 0 Å². The number of hydrogen-bond acceptors (Lipinski definition) is 0. The standard InChI is InChI=1S/C18H17ClN/c1-4-11-10-18(2,3)20-15-9-8-14(19)12-6-5-7-13(16(12)15)17(11)20/h4-9H,10H2,1-3H3/q+1/b11-4+. The number of fused-ring (bicyclic) bond motifs is 2. The number of nitrogens with zero attached hydrogens (tertiary/aromatic N) is 1. The Morgan fingerprint density at radius 2 is 2.00 bits per heavy atom. The maximum Gasteiger partial charge on any atom is 0.217 e. The van der Waals surface area contributed by atoms with E-state index in [4.69, 9.17) is 11.6 Å². The highest BCUT2D eigenvalue weighted by Gasteiger charge is 2.49. The zero-order valence-electron chi connectivity index (χ0n) is 12.0. The lowest BCUT2D eigenvalue weighted by Crippen LogP contribution is -2.28. The molecule has 0 saturated heterocycles. The van der Waals surface area contributed by atoms with Crippen molar-refractivity contribution in [2.45, 2.75) is 32.7 Å². The van der Waals surface area contributed by atoms with E-state index >= 15 is 0 Å². The number of rotatable bonds is 0. The average molecular weight is 283 g/mol. The minimum absolute atomic E-state index is 0.122.